The molecule has 0 aliphatic heterocycles. The summed E-state index contributed by atoms with van der Waals surface area (Å²) in [5.74, 6) is -0.177. The van der Waals surface area contributed by atoms with E-state index in [1.807, 2.05) is 26.0 Å². The lowest BCUT2D eigenvalue weighted by atomic mass is 9.90. The molecule has 2 aromatic heterocycles. The third-order valence-corrected chi connectivity index (χ3v) is 4.19. The average Bonchev–Trinajstić information content (AvgIpc) is 2.57. The Bertz CT molecular complexity index is 811. The van der Waals surface area contributed by atoms with E-state index >= 15 is 0 Å². The van der Waals surface area contributed by atoms with Crippen molar-refractivity contribution < 1.29 is 4.79 Å². The molecule has 0 aromatic carbocycles. The summed E-state index contributed by atoms with van der Waals surface area (Å²) in [4.78, 5) is 28.5. The molecule has 6 nitrogen and oxygen atoms in total. The van der Waals surface area contributed by atoms with Crippen LogP contribution >= 0.6 is 0 Å². The van der Waals surface area contributed by atoms with Crippen molar-refractivity contribution in [3.63, 3.8) is 0 Å². The van der Waals surface area contributed by atoms with Crippen molar-refractivity contribution in [3.05, 3.63) is 56.8 Å². The highest BCUT2D eigenvalue weighted by Gasteiger charge is 2.18. The van der Waals surface area contributed by atoms with Crippen molar-refractivity contribution in [1.82, 2.24) is 20.5 Å². The summed E-state index contributed by atoms with van der Waals surface area (Å²) in [5.41, 5.74) is 3.88. The highest BCUT2D eigenvalue weighted by Crippen LogP contribution is 2.21. The number of amides is 1. The van der Waals surface area contributed by atoms with Crippen LogP contribution in [0.1, 0.15) is 59.7 Å². The zero-order chi connectivity index (χ0) is 17.1. The Morgan fingerprint density at radius 1 is 1.25 bits per heavy atom. The molecule has 0 radical (unpaired) electrons. The van der Waals surface area contributed by atoms with Gasteiger partial charge < -0.3 is 5.32 Å². The van der Waals surface area contributed by atoms with E-state index in [0.717, 1.165) is 48.2 Å². The summed E-state index contributed by atoms with van der Waals surface area (Å²) in [6.45, 7) is 3.83. The topological polar surface area (TPSA) is 87.7 Å². The van der Waals surface area contributed by atoms with Gasteiger partial charge >= 0.3 is 0 Å². The minimum Gasteiger partial charge on any atom is -0.349 e. The van der Waals surface area contributed by atoms with Gasteiger partial charge in [-0.3, -0.25) is 9.59 Å². The van der Waals surface area contributed by atoms with Crippen molar-refractivity contribution in [3.8, 4) is 0 Å². The molecule has 0 bridgehead atoms. The number of aromatic nitrogens is 3. The number of nitrogens with zero attached hydrogens (tertiary/aromatic N) is 2. The van der Waals surface area contributed by atoms with Crippen molar-refractivity contribution in [2.75, 3.05) is 0 Å². The third-order valence-electron chi connectivity index (χ3n) is 4.19. The number of pyridine rings is 1. The smallest absolute Gasteiger partial charge is 0.270 e. The first-order valence-corrected chi connectivity index (χ1v) is 8.40. The van der Waals surface area contributed by atoms with E-state index in [2.05, 4.69) is 20.5 Å². The van der Waals surface area contributed by atoms with E-state index in [1.165, 1.54) is 0 Å². The monoisotopic (exact) mass is 326 g/mol. The van der Waals surface area contributed by atoms with Gasteiger partial charge in [-0.1, -0.05) is 6.07 Å². The van der Waals surface area contributed by atoms with Gasteiger partial charge in [0.25, 0.3) is 11.5 Å². The molecular formula is C18H22N4O2. The predicted molar refractivity (Wildman–Crippen MR) is 91.1 cm³/mol. The van der Waals surface area contributed by atoms with Crippen LogP contribution in [0.4, 0.5) is 0 Å². The van der Waals surface area contributed by atoms with E-state index in [1.54, 1.807) is 6.07 Å². The predicted octanol–water partition coefficient (Wildman–Crippen LogP) is 1.77. The van der Waals surface area contributed by atoms with Crippen LogP contribution in [0.15, 0.2) is 23.0 Å². The first-order valence-electron chi connectivity index (χ1n) is 8.40. The molecule has 126 valence electrons. The van der Waals surface area contributed by atoms with Crippen molar-refractivity contribution in [2.24, 2.45) is 0 Å². The number of H-pyrrole nitrogens is 1. The molecule has 0 fully saturated rings. The molecule has 2 aromatic rings. The molecule has 24 heavy (non-hydrogen) atoms. The molecule has 1 amide bonds. The number of hydrogen-bond acceptors (Lipinski definition) is 4. The van der Waals surface area contributed by atoms with E-state index < -0.39 is 0 Å². The molecule has 1 aliphatic rings. The second-order valence-corrected chi connectivity index (χ2v) is 6.48. The van der Waals surface area contributed by atoms with Crippen LogP contribution in [0, 0.1) is 0 Å². The molecule has 3 rings (SSSR count). The van der Waals surface area contributed by atoms with E-state index in [-0.39, 0.29) is 17.5 Å². The minimum atomic E-state index is -0.177. The molecule has 1 aliphatic carbocycles. The minimum absolute atomic E-state index is 0.0656. The number of carbonyl (C=O) groups excluding carboxylic acids is 1. The number of fused-ring (bicyclic) bond motifs is 1. The van der Waals surface area contributed by atoms with Gasteiger partial charge in [0.2, 0.25) is 0 Å². The van der Waals surface area contributed by atoms with Crippen molar-refractivity contribution >= 4 is 5.91 Å². The Balaban J connectivity index is 1.87. The number of aromatic amines is 1. The van der Waals surface area contributed by atoms with Crippen LogP contribution in [0.3, 0.4) is 0 Å². The van der Waals surface area contributed by atoms with Gasteiger partial charge in [-0.15, -0.1) is 0 Å². The van der Waals surface area contributed by atoms with Crippen molar-refractivity contribution in [2.45, 2.75) is 52.0 Å². The standard InChI is InChI=1S/C18H22N4O2/c1-11(2)19-18(24)15-9-5-6-12(20-15)10-16-13-7-3-4-8-14(13)17(23)22-21-16/h5-6,9,11H,3-4,7-8,10H2,1-2H3,(H,19,24)(H,22,23). The maximum atomic E-state index is 12.1. The van der Waals surface area contributed by atoms with Gasteiger partial charge in [-0.2, -0.15) is 5.10 Å². The normalized spacial score (nSPS) is 13.6. The largest absolute Gasteiger partial charge is 0.349 e. The zero-order valence-corrected chi connectivity index (χ0v) is 14.1. The number of nitrogens with one attached hydrogen (secondary N) is 2. The molecule has 6 heteroatoms. The second-order valence-electron chi connectivity index (χ2n) is 6.48. The van der Waals surface area contributed by atoms with Gasteiger partial charge in [-0.05, 0) is 57.2 Å². The van der Waals surface area contributed by atoms with Gasteiger partial charge in [0.15, 0.2) is 0 Å². The van der Waals surface area contributed by atoms with E-state index in [4.69, 9.17) is 0 Å². The second kappa shape index (κ2) is 6.95. The highest BCUT2D eigenvalue weighted by atomic mass is 16.2. The van der Waals surface area contributed by atoms with Gasteiger partial charge in [0.05, 0.1) is 5.69 Å². The Labute approximate surface area is 140 Å². The summed E-state index contributed by atoms with van der Waals surface area (Å²) in [6, 6.07) is 5.48. The Morgan fingerprint density at radius 2 is 2.00 bits per heavy atom. The lowest BCUT2D eigenvalue weighted by molar-refractivity contribution is 0.0938. The Kier molecular flexibility index (Phi) is 4.74. The molecular weight excluding hydrogens is 304 g/mol. The first kappa shape index (κ1) is 16.4. The summed E-state index contributed by atoms with van der Waals surface area (Å²) >= 11 is 0. The highest BCUT2D eigenvalue weighted by molar-refractivity contribution is 5.92. The Morgan fingerprint density at radius 3 is 2.75 bits per heavy atom. The van der Waals surface area contributed by atoms with Gasteiger partial charge in [0, 0.05) is 23.7 Å². The number of hydrogen-bond donors (Lipinski definition) is 2. The summed E-state index contributed by atoms with van der Waals surface area (Å²) in [7, 11) is 0. The van der Waals surface area contributed by atoms with Gasteiger partial charge in [-0.25, -0.2) is 10.1 Å². The van der Waals surface area contributed by atoms with Crippen LogP contribution in [0.25, 0.3) is 0 Å². The van der Waals surface area contributed by atoms with E-state index in [9.17, 15) is 9.59 Å². The van der Waals surface area contributed by atoms with Crippen LogP contribution in [0.5, 0.6) is 0 Å². The molecule has 0 saturated heterocycles. The van der Waals surface area contributed by atoms with Crippen LogP contribution in [-0.2, 0) is 19.3 Å². The van der Waals surface area contributed by atoms with Crippen molar-refractivity contribution in [1.29, 1.82) is 0 Å². The average molecular weight is 326 g/mol. The SMILES string of the molecule is CC(C)NC(=O)c1cccc(Cc2n[nH]c(=O)c3c2CCCC3)n1. The fraction of sp³-hybridized carbons (Fsp3) is 0.444. The Hall–Kier alpha value is -2.50. The quantitative estimate of drug-likeness (QED) is 0.896. The van der Waals surface area contributed by atoms with E-state index in [0.29, 0.717) is 12.1 Å². The lowest BCUT2D eigenvalue weighted by Gasteiger charge is -2.17. The molecule has 2 heterocycles. The molecule has 0 atom stereocenters. The zero-order valence-electron chi connectivity index (χ0n) is 14.1. The molecule has 2 N–H and O–H groups in total. The third kappa shape index (κ3) is 3.53. The lowest BCUT2D eigenvalue weighted by Crippen LogP contribution is -2.30. The van der Waals surface area contributed by atoms with Crippen LogP contribution in [-0.4, -0.2) is 27.1 Å². The van der Waals surface area contributed by atoms with Gasteiger partial charge in [0.1, 0.15) is 5.69 Å². The maximum absolute atomic E-state index is 12.1. The number of rotatable bonds is 4. The number of carbonyl (C=O) groups is 1. The summed E-state index contributed by atoms with van der Waals surface area (Å²) < 4.78 is 0. The molecule has 0 unspecified atom stereocenters. The van der Waals surface area contributed by atoms with Crippen LogP contribution in [0.2, 0.25) is 0 Å². The summed E-state index contributed by atoms with van der Waals surface area (Å²) in [6.07, 6.45) is 4.33. The maximum Gasteiger partial charge on any atom is 0.270 e. The summed E-state index contributed by atoms with van der Waals surface area (Å²) in [5, 5.41) is 9.67. The fourth-order valence-corrected chi connectivity index (χ4v) is 3.09. The fourth-order valence-electron chi connectivity index (χ4n) is 3.09. The van der Waals surface area contributed by atoms with Crippen LogP contribution < -0.4 is 10.9 Å². The molecule has 0 spiro atoms. The molecule has 0 saturated carbocycles. The first-order chi connectivity index (χ1) is 11.5.